The average Bonchev–Trinajstić information content (AvgIpc) is 2.55. The van der Waals surface area contributed by atoms with Crippen molar-refractivity contribution in [2.45, 2.75) is 90.3 Å². The minimum absolute atomic E-state index is 0.0374. The molecule has 0 amide bonds. The van der Waals surface area contributed by atoms with E-state index in [-0.39, 0.29) is 37.3 Å². The fourth-order valence-corrected chi connectivity index (χ4v) is 3.65. The van der Waals surface area contributed by atoms with E-state index in [0.717, 1.165) is 51.4 Å². The molecule has 0 radical (unpaired) electrons. The Morgan fingerprint density at radius 3 is 1.65 bits per heavy atom. The molecule has 0 heterocycles. The first-order valence-electron chi connectivity index (χ1n) is 10.4. The quantitative estimate of drug-likeness (QED) is 0.218. The minimum atomic E-state index is -0.963. The van der Waals surface area contributed by atoms with Gasteiger partial charge in [0.05, 0.1) is 6.61 Å². The number of carbonyl (C=O) groups is 1. The van der Waals surface area contributed by atoms with Crippen molar-refractivity contribution in [3.8, 4) is 0 Å². The summed E-state index contributed by atoms with van der Waals surface area (Å²) in [7, 11) is 0. The Morgan fingerprint density at radius 2 is 1.31 bits per heavy atom. The highest BCUT2D eigenvalue weighted by atomic mass is 16.4. The van der Waals surface area contributed by atoms with E-state index in [9.17, 15) is 25.2 Å². The summed E-state index contributed by atoms with van der Waals surface area (Å²) in [5.41, 5.74) is 0. The first kappa shape index (κ1) is 25.3. The molecule has 2 unspecified atom stereocenters. The third-order valence-corrected chi connectivity index (χ3v) is 5.02. The topological polar surface area (TPSA) is 98.0 Å². The Bertz CT molecular complexity index is 331. The van der Waals surface area contributed by atoms with Crippen LogP contribution >= 0.6 is 0 Å². The largest absolute Gasteiger partial charge is 0.477 e. The van der Waals surface area contributed by atoms with Crippen LogP contribution in [0.3, 0.4) is 0 Å². The molecule has 0 saturated heterocycles. The summed E-state index contributed by atoms with van der Waals surface area (Å²) in [5.74, 6) is -0.963. The number of aliphatic carboxylic acids is 1. The highest BCUT2D eigenvalue weighted by molar-refractivity contribution is 5.67. The molecule has 0 aliphatic rings. The van der Waals surface area contributed by atoms with Crippen LogP contribution in [0.1, 0.15) is 78.1 Å². The summed E-state index contributed by atoms with van der Waals surface area (Å²) in [6.45, 7) is 4.71. The normalized spacial score (nSPS) is 16.2. The van der Waals surface area contributed by atoms with E-state index in [2.05, 4.69) is 13.8 Å². The van der Waals surface area contributed by atoms with Gasteiger partial charge in [0.25, 0.3) is 0 Å². The van der Waals surface area contributed by atoms with Gasteiger partial charge in [-0.15, -0.1) is 0 Å². The molecule has 0 saturated carbocycles. The van der Waals surface area contributed by atoms with Crippen LogP contribution in [0, 0.1) is 0 Å². The zero-order chi connectivity index (χ0) is 19.8. The molecule has 0 aliphatic carbocycles. The summed E-state index contributed by atoms with van der Waals surface area (Å²) in [5, 5.41) is 39.6. The summed E-state index contributed by atoms with van der Waals surface area (Å²) in [6, 6.07) is 0. The maximum atomic E-state index is 11.4. The van der Waals surface area contributed by atoms with Gasteiger partial charge in [-0.3, -0.25) is 0 Å². The number of nitrogens with zero attached hydrogens (tertiary/aromatic N) is 1. The number of carboxylic acids is 1. The lowest BCUT2D eigenvalue weighted by Gasteiger charge is -2.39. The Balaban J connectivity index is 4.77. The number of hydrogen-bond donors (Lipinski definition) is 4. The van der Waals surface area contributed by atoms with E-state index in [1.54, 1.807) is 0 Å². The molecule has 0 bridgehead atoms. The van der Waals surface area contributed by atoms with E-state index in [4.69, 9.17) is 0 Å². The van der Waals surface area contributed by atoms with Crippen molar-refractivity contribution in [3.63, 3.8) is 0 Å². The number of quaternary nitrogens is 1. The number of unbranched alkanes of at least 4 members (excludes halogenated alkanes) is 6. The Hall–Kier alpha value is -0.690. The average molecular weight is 377 g/mol. The number of hydrogen-bond acceptors (Lipinski definition) is 4. The zero-order valence-corrected chi connectivity index (χ0v) is 16.9. The third kappa shape index (κ3) is 12.6. The van der Waals surface area contributed by atoms with Gasteiger partial charge in [0, 0.05) is 0 Å². The summed E-state index contributed by atoms with van der Waals surface area (Å²) < 4.78 is 0.0374. The molecule has 0 aromatic heterocycles. The first-order chi connectivity index (χ1) is 12.4. The lowest BCUT2D eigenvalue weighted by atomic mass is 10.0. The highest BCUT2D eigenvalue weighted by Gasteiger charge is 2.34. The lowest BCUT2D eigenvalue weighted by Crippen LogP contribution is -2.59. The fourth-order valence-electron chi connectivity index (χ4n) is 3.65. The smallest absolute Gasteiger partial charge is 0.359 e. The molecule has 26 heavy (non-hydrogen) atoms. The second-order valence-corrected chi connectivity index (χ2v) is 7.71. The van der Waals surface area contributed by atoms with Crippen molar-refractivity contribution in [1.29, 1.82) is 0 Å². The monoisotopic (exact) mass is 376 g/mol. The van der Waals surface area contributed by atoms with Crippen molar-refractivity contribution in [3.05, 3.63) is 0 Å². The Kier molecular flexibility index (Phi) is 15.0. The second kappa shape index (κ2) is 15.4. The summed E-state index contributed by atoms with van der Waals surface area (Å²) >= 11 is 0. The molecule has 0 aromatic rings. The molecule has 4 N–H and O–H groups in total. The van der Waals surface area contributed by atoms with Crippen LogP contribution < -0.4 is 0 Å². The van der Waals surface area contributed by atoms with Crippen molar-refractivity contribution < 1.29 is 29.7 Å². The summed E-state index contributed by atoms with van der Waals surface area (Å²) in [6.07, 6.45) is 8.54. The van der Waals surface area contributed by atoms with Gasteiger partial charge in [-0.05, 0) is 12.8 Å². The first-order valence-corrected chi connectivity index (χ1v) is 10.4. The Labute approximate surface area is 159 Å². The van der Waals surface area contributed by atoms with Gasteiger partial charge in [0.1, 0.15) is 31.8 Å². The molecule has 0 aliphatic heterocycles. The van der Waals surface area contributed by atoms with Crippen LogP contribution in [0.15, 0.2) is 0 Å². The van der Waals surface area contributed by atoms with Gasteiger partial charge in [-0.1, -0.05) is 65.2 Å². The zero-order valence-electron chi connectivity index (χ0n) is 16.9. The standard InChI is InChI=1S/C20H41NO5/c1-3-5-7-9-11-18(23)15-21(13-14-22,17-20(25)26)16-19(24)12-10-8-6-4-2/h18-19,22-24H,3-17H2,1-2H3/p+1. The van der Waals surface area contributed by atoms with Crippen molar-refractivity contribution in [1.82, 2.24) is 0 Å². The van der Waals surface area contributed by atoms with Crippen LogP contribution in [0.4, 0.5) is 0 Å². The fraction of sp³-hybridized carbons (Fsp3) is 0.950. The lowest BCUT2D eigenvalue weighted by molar-refractivity contribution is -0.927. The molecule has 6 nitrogen and oxygen atoms in total. The molecule has 0 fully saturated rings. The number of rotatable bonds is 18. The van der Waals surface area contributed by atoms with Gasteiger partial charge in [-0.25, -0.2) is 4.79 Å². The number of aliphatic hydroxyl groups is 3. The highest BCUT2D eigenvalue weighted by Crippen LogP contribution is 2.17. The van der Waals surface area contributed by atoms with Gasteiger partial charge >= 0.3 is 5.97 Å². The number of carboxylic acid groups (broad SMARTS) is 1. The van der Waals surface area contributed by atoms with Crippen LogP contribution in [0.5, 0.6) is 0 Å². The van der Waals surface area contributed by atoms with Crippen LogP contribution in [-0.2, 0) is 4.79 Å². The molecule has 6 heteroatoms. The molecular weight excluding hydrogens is 334 g/mol. The van der Waals surface area contributed by atoms with E-state index >= 15 is 0 Å². The van der Waals surface area contributed by atoms with Gasteiger partial charge in [-0.2, -0.15) is 0 Å². The van der Waals surface area contributed by atoms with E-state index < -0.39 is 18.2 Å². The van der Waals surface area contributed by atoms with Crippen LogP contribution in [0.25, 0.3) is 0 Å². The van der Waals surface area contributed by atoms with Gasteiger partial charge in [0.15, 0.2) is 6.54 Å². The van der Waals surface area contributed by atoms with E-state index in [0.29, 0.717) is 12.8 Å². The van der Waals surface area contributed by atoms with E-state index in [1.165, 1.54) is 0 Å². The van der Waals surface area contributed by atoms with Crippen LogP contribution in [0.2, 0.25) is 0 Å². The van der Waals surface area contributed by atoms with Crippen molar-refractivity contribution in [2.24, 2.45) is 0 Å². The molecule has 156 valence electrons. The van der Waals surface area contributed by atoms with Crippen LogP contribution in [-0.4, -0.2) is 75.9 Å². The molecule has 0 spiro atoms. The SMILES string of the molecule is CCCCCCC(O)C[N+](CCO)(CC(=O)O)CC(O)CCCCCC. The summed E-state index contributed by atoms with van der Waals surface area (Å²) in [4.78, 5) is 11.4. The minimum Gasteiger partial charge on any atom is -0.477 e. The molecule has 0 aromatic carbocycles. The van der Waals surface area contributed by atoms with Crippen molar-refractivity contribution >= 4 is 5.97 Å². The molecule has 2 atom stereocenters. The van der Waals surface area contributed by atoms with Gasteiger partial charge in [0.2, 0.25) is 0 Å². The molecule has 0 rings (SSSR count). The van der Waals surface area contributed by atoms with Gasteiger partial charge < -0.3 is 24.9 Å². The maximum Gasteiger partial charge on any atom is 0.359 e. The number of aliphatic hydroxyl groups excluding tert-OH is 3. The predicted molar refractivity (Wildman–Crippen MR) is 104 cm³/mol. The predicted octanol–water partition coefficient (Wildman–Crippen LogP) is 2.54. The Morgan fingerprint density at radius 1 is 0.846 bits per heavy atom. The van der Waals surface area contributed by atoms with E-state index in [1.807, 2.05) is 0 Å². The van der Waals surface area contributed by atoms with Crippen molar-refractivity contribution in [2.75, 3.05) is 32.8 Å². The third-order valence-electron chi connectivity index (χ3n) is 5.02. The maximum absolute atomic E-state index is 11.4. The second-order valence-electron chi connectivity index (χ2n) is 7.71. The molecular formula is C20H42NO5+.